The zero-order valence-corrected chi connectivity index (χ0v) is 16.1. The number of benzene rings is 2. The van der Waals surface area contributed by atoms with Crippen LogP contribution in [0.25, 0.3) is 11.6 Å². The van der Waals surface area contributed by atoms with Crippen molar-refractivity contribution in [3.05, 3.63) is 65.7 Å². The molecule has 2 atom stereocenters. The minimum atomic E-state index is -2.86. The van der Waals surface area contributed by atoms with Crippen LogP contribution in [-0.2, 0) is 4.79 Å². The van der Waals surface area contributed by atoms with Crippen LogP contribution in [0.5, 0.6) is 5.75 Å². The van der Waals surface area contributed by atoms with E-state index in [1.807, 2.05) is 41.3 Å². The second-order valence-corrected chi connectivity index (χ2v) is 7.21. The number of halogens is 2. The highest BCUT2D eigenvalue weighted by Crippen LogP contribution is 2.29. The fourth-order valence-electron chi connectivity index (χ4n) is 3.76. The molecule has 0 radical (unpaired) electrons. The third-order valence-corrected chi connectivity index (χ3v) is 5.16. The number of carbonyl (C=O) groups excluding carboxylic acids is 1. The predicted molar refractivity (Wildman–Crippen MR) is 107 cm³/mol. The van der Waals surface area contributed by atoms with E-state index in [4.69, 9.17) is 0 Å². The molecule has 1 fully saturated rings. The van der Waals surface area contributed by atoms with Crippen molar-refractivity contribution in [1.29, 1.82) is 0 Å². The molecule has 0 aliphatic carbocycles. The maximum Gasteiger partial charge on any atom is 0.387 e. The molecular formula is C23H25F2NO2. The van der Waals surface area contributed by atoms with Crippen molar-refractivity contribution < 1.29 is 18.3 Å². The van der Waals surface area contributed by atoms with Crippen LogP contribution in [0.4, 0.5) is 8.78 Å². The molecule has 1 saturated heterocycles. The van der Waals surface area contributed by atoms with Crippen molar-refractivity contribution in [2.75, 3.05) is 0 Å². The Balaban J connectivity index is 1.95. The second kappa shape index (κ2) is 9.00. The zero-order chi connectivity index (χ0) is 20.1. The number of nitrogens with zero attached hydrogens (tertiary/aromatic N) is 1. The highest BCUT2D eigenvalue weighted by Gasteiger charge is 2.31. The number of piperidine rings is 1. The normalized spacial score (nSPS) is 20.3. The molecule has 2 aromatic carbocycles. The minimum absolute atomic E-state index is 0.00110. The van der Waals surface area contributed by atoms with Crippen LogP contribution in [-0.4, -0.2) is 29.5 Å². The molecule has 0 aromatic heterocycles. The summed E-state index contributed by atoms with van der Waals surface area (Å²) in [7, 11) is 0. The van der Waals surface area contributed by atoms with Gasteiger partial charge in [0, 0.05) is 17.7 Å². The van der Waals surface area contributed by atoms with Crippen molar-refractivity contribution >= 4 is 17.6 Å². The van der Waals surface area contributed by atoms with Gasteiger partial charge in [-0.1, -0.05) is 42.5 Å². The molecule has 3 nitrogen and oxygen atoms in total. The highest BCUT2D eigenvalue weighted by molar-refractivity contribution is 6.24. The molecule has 1 aliphatic heterocycles. The number of rotatable bonds is 5. The van der Waals surface area contributed by atoms with Gasteiger partial charge in [0.1, 0.15) is 5.75 Å². The lowest BCUT2D eigenvalue weighted by molar-refractivity contribution is -0.130. The molecule has 1 amide bonds. The Morgan fingerprint density at radius 3 is 2.21 bits per heavy atom. The summed E-state index contributed by atoms with van der Waals surface area (Å²) in [5.41, 5.74) is 2.19. The largest absolute Gasteiger partial charge is 0.435 e. The van der Waals surface area contributed by atoms with Crippen LogP contribution >= 0.6 is 0 Å². The van der Waals surface area contributed by atoms with Crippen molar-refractivity contribution in [3.8, 4) is 5.75 Å². The summed E-state index contributed by atoms with van der Waals surface area (Å²) in [6, 6.07) is 16.2. The van der Waals surface area contributed by atoms with Gasteiger partial charge in [-0.15, -0.1) is 0 Å². The van der Waals surface area contributed by atoms with Crippen molar-refractivity contribution in [2.45, 2.75) is 51.8 Å². The number of hydrogen-bond acceptors (Lipinski definition) is 2. The van der Waals surface area contributed by atoms with Gasteiger partial charge in [0.05, 0.1) is 0 Å². The van der Waals surface area contributed by atoms with Crippen molar-refractivity contribution in [3.63, 3.8) is 0 Å². The smallest absolute Gasteiger partial charge is 0.387 e. The van der Waals surface area contributed by atoms with E-state index in [9.17, 15) is 13.6 Å². The van der Waals surface area contributed by atoms with E-state index in [0.717, 1.165) is 30.4 Å². The number of ether oxygens (including phenoxy) is 1. The Kier molecular flexibility index (Phi) is 6.45. The van der Waals surface area contributed by atoms with Gasteiger partial charge in [0.15, 0.2) is 0 Å². The highest BCUT2D eigenvalue weighted by atomic mass is 19.3. The third kappa shape index (κ3) is 4.77. The minimum Gasteiger partial charge on any atom is -0.435 e. The van der Waals surface area contributed by atoms with E-state index >= 15 is 0 Å². The first-order valence-corrected chi connectivity index (χ1v) is 9.60. The third-order valence-electron chi connectivity index (χ3n) is 5.16. The quantitative estimate of drug-likeness (QED) is 0.494. The predicted octanol–water partition coefficient (Wildman–Crippen LogP) is 5.62. The maximum absolute atomic E-state index is 13.5. The first-order valence-electron chi connectivity index (χ1n) is 9.60. The van der Waals surface area contributed by atoms with E-state index in [2.05, 4.69) is 18.6 Å². The second-order valence-electron chi connectivity index (χ2n) is 7.21. The topological polar surface area (TPSA) is 29.5 Å². The van der Waals surface area contributed by atoms with Crippen LogP contribution in [0.15, 0.2) is 54.6 Å². The van der Waals surface area contributed by atoms with E-state index in [0.29, 0.717) is 5.57 Å². The van der Waals surface area contributed by atoms with Crippen LogP contribution in [0.3, 0.4) is 0 Å². The van der Waals surface area contributed by atoms with Gasteiger partial charge in [-0.3, -0.25) is 4.79 Å². The summed E-state index contributed by atoms with van der Waals surface area (Å²) >= 11 is 0. The lowest BCUT2D eigenvalue weighted by Gasteiger charge is -2.39. The number of alkyl halides is 2. The Morgan fingerprint density at radius 1 is 1.04 bits per heavy atom. The zero-order valence-electron chi connectivity index (χ0n) is 16.1. The van der Waals surface area contributed by atoms with Crippen LogP contribution in [0.1, 0.15) is 44.2 Å². The number of hydrogen-bond donors (Lipinski definition) is 0. The lowest BCUT2D eigenvalue weighted by Crippen LogP contribution is -2.47. The molecule has 0 saturated carbocycles. The summed E-state index contributed by atoms with van der Waals surface area (Å²) in [6.07, 6.45) is 4.94. The summed E-state index contributed by atoms with van der Waals surface area (Å²) in [5.74, 6) is 0.0943. The molecule has 0 spiro atoms. The Morgan fingerprint density at radius 2 is 1.64 bits per heavy atom. The summed E-state index contributed by atoms with van der Waals surface area (Å²) < 4.78 is 29.1. The lowest BCUT2D eigenvalue weighted by atomic mass is 9.94. The van der Waals surface area contributed by atoms with E-state index < -0.39 is 6.61 Å². The van der Waals surface area contributed by atoms with E-state index in [-0.39, 0.29) is 23.7 Å². The van der Waals surface area contributed by atoms with Gasteiger partial charge in [0.2, 0.25) is 0 Å². The summed E-state index contributed by atoms with van der Waals surface area (Å²) in [4.78, 5) is 15.4. The van der Waals surface area contributed by atoms with Gasteiger partial charge in [-0.2, -0.15) is 8.78 Å². The summed E-state index contributed by atoms with van der Waals surface area (Å²) in [6.45, 7) is 1.32. The summed E-state index contributed by atoms with van der Waals surface area (Å²) in [5, 5.41) is 0. The number of amides is 1. The maximum atomic E-state index is 13.5. The Hall–Kier alpha value is -2.69. The molecule has 2 aromatic rings. The fraction of sp³-hybridized carbons (Fsp3) is 0.348. The Labute approximate surface area is 164 Å². The fourth-order valence-corrected chi connectivity index (χ4v) is 3.76. The first kappa shape index (κ1) is 20.1. The van der Waals surface area contributed by atoms with Crippen LogP contribution in [0, 0.1) is 0 Å². The molecule has 28 heavy (non-hydrogen) atoms. The molecule has 0 bridgehead atoms. The standard InChI is InChI=1S/C23H25F2NO2/c1-16-7-6-8-17(2)26(16)22(27)21(19-9-4-3-5-10-19)15-18-11-13-20(14-12-18)28-23(24)25/h3-5,9-17,23H,6-8H2,1-2H3/b21-15-. The molecule has 0 N–H and O–H groups in total. The van der Waals surface area contributed by atoms with Gasteiger partial charge < -0.3 is 9.64 Å². The molecule has 2 unspecified atom stereocenters. The Bertz CT molecular complexity index is 808. The number of likely N-dealkylation sites (tertiary alicyclic amines) is 1. The number of carbonyl (C=O) groups is 1. The molecular weight excluding hydrogens is 360 g/mol. The monoisotopic (exact) mass is 385 g/mol. The molecule has 1 heterocycles. The van der Waals surface area contributed by atoms with Gasteiger partial charge in [-0.05, 0) is 62.4 Å². The molecule has 1 aliphatic rings. The van der Waals surface area contributed by atoms with Crippen molar-refractivity contribution in [1.82, 2.24) is 4.90 Å². The van der Waals surface area contributed by atoms with E-state index in [1.54, 1.807) is 12.1 Å². The van der Waals surface area contributed by atoms with Crippen LogP contribution < -0.4 is 4.74 Å². The van der Waals surface area contributed by atoms with Crippen LogP contribution in [0.2, 0.25) is 0 Å². The molecule has 3 rings (SSSR count). The average Bonchev–Trinajstić information content (AvgIpc) is 2.67. The molecule has 148 valence electrons. The van der Waals surface area contributed by atoms with Gasteiger partial charge in [-0.25, -0.2) is 0 Å². The SMILES string of the molecule is CC1CCCC(C)N1C(=O)/C(=C\c1ccc(OC(F)F)cc1)c1ccccc1. The average molecular weight is 385 g/mol. The molecule has 5 heteroatoms. The van der Waals surface area contributed by atoms with Gasteiger partial charge >= 0.3 is 6.61 Å². The first-order chi connectivity index (χ1) is 13.5. The van der Waals surface area contributed by atoms with Gasteiger partial charge in [0.25, 0.3) is 5.91 Å². The van der Waals surface area contributed by atoms with Crippen molar-refractivity contribution in [2.24, 2.45) is 0 Å². The van der Waals surface area contributed by atoms with E-state index in [1.165, 1.54) is 12.1 Å².